The number of piperidine rings is 1. The zero-order valence-corrected chi connectivity index (χ0v) is 14.8. The number of amides is 2. The maximum atomic E-state index is 13.1. The highest BCUT2D eigenvalue weighted by molar-refractivity contribution is 5.74. The third kappa shape index (κ3) is 5.18. The number of methoxy groups -OCH3 is 1. The molecule has 0 radical (unpaired) electrons. The molecule has 0 unspecified atom stereocenters. The molecule has 1 fully saturated rings. The van der Waals surface area contributed by atoms with Gasteiger partial charge < -0.3 is 19.9 Å². The first-order valence-corrected chi connectivity index (χ1v) is 8.45. The van der Waals surface area contributed by atoms with Crippen LogP contribution >= 0.6 is 0 Å². The van der Waals surface area contributed by atoms with Crippen LogP contribution in [-0.4, -0.2) is 63.3 Å². The number of rotatable bonds is 6. The van der Waals surface area contributed by atoms with E-state index in [9.17, 15) is 9.18 Å². The zero-order chi connectivity index (χ0) is 17.5. The topological polar surface area (TPSA) is 44.8 Å². The average Bonchev–Trinajstić information content (AvgIpc) is 2.57. The van der Waals surface area contributed by atoms with Crippen LogP contribution in [0.2, 0.25) is 0 Å². The van der Waals surface area contributed by atoms with Gasteiger partial charge in [0, 0.05) is 32.7 Å². The number of hydrogen-bond acceptors (Lipinski definition) is 3. The Morgan fingerprint density at radius 3 is 2.75 bits per heavy atom. The lowest BCUT2D eigenvalue weighted by atomic mass is 9.99. The van der Waals surface area contributed by atoms with Crippen molar-refractivity contribution in [3.8, 4) is 0 Å². The molecule has 1 aliphatic heterocycles. The predicted molar refractivity (Wildman–Crippen MR) is 92.4 cm³/mol. The summed E-state index contributed by atoms with van der Waals surface area (Å²) >= 11 is 0. The van der Waals surface area contributed by atoms with Gasteiger partial charge >= 0.3 is 6.03 Å². The molecule has 1 aromatic rings. The second kappa shape index (κ2) is 8.99. The van der Waals surface area contributed by atoms with Gasteiger partial charge in [-0.3, -0.25) is 0 Å². The number of hydrogen-bond donors (Lipinski definition) is 1. The number of likely N-dealkylation sites (tertiary alicyclic amines) is 1. The highest BCUT2D eigenvalue weighted by atomic mass is 19.1. The van der Waals surface area contributed by atoms with Gasteiger partial charge in [0.15, 0.2) is 0 Å². The van der Waals surface area contributed by atoms with Crippen LogP contribution in [0.15, 0.2) is 24.3 Å². The molecule has 0 aliphatic carbocycles. The maximum absolute atomic E-state index is 13.1. The molecule has 6 heteroatoms. The minimum Gasteiger partial charge on any atom is -0.384 e. The quantitative estimate of drug-likeness (QED) is 0.867. The summed E-state index contributed by atoms with van der Waals surface area (Å²) in [6, 6.07) is 6.41. The number of likely N-dealkylation sites (N-methyl/N-ethyl adjacent to an activating group) is 1. The van der Waals surface area contributed by atoms with Crippen LogP contribution in [-0.2, 0) is 4.74 Å². The second-order valence-corrected chi connectivity index (χ2v) is 6.63. The lowest BCUT2D eigenvalue weighted by Gasteiger charge is -2.33. The van der Waals surface area contributed by atoms with E-state index < -0.39 is 0 Å². The maximum Gasteiger partial charge on any atom is 0.317 e. The third-order valence-electron chi connectivity index (χ3n) is 4.53. The molecule has 5 nitrogen and oxygen atoms in total. The van der Waals surface area contributed by atoms with Crippen LogP contribution in [0, 0.1) is 11.7 Å². The minimum atomic E-state index is -0.252. The van der Waals surface area contributed by atoms with E-state index in [-0.39, 0.29) is 17.9 Å². The lowest BCUT2D eigenvalue weighted by molar-refractivity contribution is 0.0998. The van der Waals surface area contributed by atoms with Crippen molar-refractivity contribution in [3.05, 3.63) is 35.6 Å². The highest BCUT2D eigenvalue weighted by Crippen LogP contribution is 2.19. The van der Waals surface area contributed by atoms with E-state index >= 15 is 0 Å². The van der Waals surface area contributed by atoms with E-state index in [1.807, 2.05) is 23.9 Å². The van der Waals surface area contributed by atoms with Crippen LogP contribution in [0.4, 0.5) is 9.18 Å². The molecule has 1 aliphatic rings. The largest absolute Gasteiger partial charge is 0.384 e. The molecule has 0 saturated carbocycles. The third-order valence-corrected chi connectivity index (χ3v) is 4.53. The Bertz CT molecular complexity index is 520. The Morgan fingerprint density at radius 1 is 1.42 bits per heavy atom. The SMILES string of the molecule is COC[C@@H]1CCCN(C(=O)NC[C@H](c2ccc(F)cc2)N(C)C)C1. The number of urea groups is 1. The van der Waals surface area contributed by atoms with Gasteiger partial charge in [-0.05, 0) is 44.6 Å². The molecule has 2 atom stereocenters. The van der Waals surface area contributed by atoms with E-state index in [2.05, 4.69) is 5.32 Å². The van der Waals surface area contributed by atoms with Gasteiger partial charge in [-0.2, -0.15) is 0 Å². The number of carbonyl (C=O) groups is 1. The minimum absolute atomic E-state index is 0.00844. The van der Waals surface area contributed by atoms with E-state index in [0.29, 0.717) is 19.1 Å². The fourth-order valence-corrected chi connectivity index (χ4v) is 3.20. The summed E-state index contributed by atoms with van der Waals surface area (Å²) in [6.07, 6.45) is 2.12. The molecule has 1 saturated heterocycles. The first-order valence-electron chi connectivity index (χ1n) is 8.45. The fourth-order valence-electron chi connectivity index (χ4n) is 3.20. The van der Waals surface area contributed by atoms with Gasteiger partial charge in [0.1, 0.15) is 5.82 Å². The summed E-state index contributed by atoms with van der Waals surface area (Å²) < 4.78 is 18.3. The van der Waals surface area contributed by atoms with E-state index in [0.717, 1.165) is 31.5 Å². The van der Waals surface area contributed by atoms with Gasteiger partial charge in [0.2, 0.25) is 0 Å². The smallest absolute Gasteiger partial charge is 0.317 e. The molecular weight excluding hydrogens is 309 g/mol. The normalized spacial score (nSPS) is 19.4. The summed E-state index contributed by atoms with van der Waals surface area (Å²) in [5.74, 6) is 0.161. The van der Waals surface area contributed by atoms with Crippen molar-refractivity contribution in [2.24, 2.45) is 5.92 Å². The Morgan fingerprint density at radius 2 is 2.12 bits per heavy atom. The first kappa shape index (κ1) is 18.7. The van der Waals surface area contributed by atoms with Gasteiger partial charge in [-0.15, -0.1) is 0 Å². The zero-order valence-electron chi connectivity index (χ0n) is 14.8. The van der Waals surface area contributed by atoms with Crippen LogP contribution in [0.1, 0.15) is 24.4 Å². The molecular formula is C18H28FN3O2. The van der Waals surface area contributed by atoms with Crippen LogP contribution < -0.4 is 5.32 Å². The molecule has 2 rings (SSSR count). The molecule has 24 heavy (non-hydrogen) atoms. The number of ether oxygens (including phenoxy) is 1. The number of halogens is 1. The van der Waals surface area contributed by atoms with Crippen molar-refractivity contribution in [1.82, 2.24) is 15.1 Å². The molecule has 0 bridgehead atoms. The average molecular weight is 337 g/mol. The lowest BCUT2D eigenvalue weighted by Crippen LogP contribution is -2.48. The number of carbonyl (C=O) groups excluding carboxylic acids is 1. The summed E-state index contributed by atoms with van der Waals surface area (Å²) in [5.41, 5.74) is 0.984. The van der Waals surface area contributed by atoms with Gasteiger partial charge in [0.05, 0.1) is 12.6 Å². The summed E-state index contributed by atoms with van der Waals surface area (Å²) in [5, 5.41) is 3.02. The molecule has 0 aromatic heterocycles. The molecule has 1 heterocycles. The second-order valence-electron chi connectivity index (χ2n) is 6.63. The molecule has 1 aromatic carbocycles. The van der Waals surface area contributed by atoms with Gasteiger partial charge in [-0.1, -0.05) is 12.1 Å². The molecule has 1 N–H and O–H groups in total. The van der Waals surface area contributed by atoms with Crippen molar-refractivity contribution >= 4 is 6.03 Å². The Kier molecular flexibility index (Phi) is 6.99. The van der Waals surface area contributed by atoms with Crippen LogP contribution in [0.5, 0.6) is 0 Å². The Balaban J connectivity index is 1.91. The van der Waals surface area contributed by atoms with Crippen LogP contribution in [0.3, 0.4) is 0 Å². The number of nitrogens with zero attached hydrogens (tertiary/aromatic N) is 2. The van der Waals surface area contributed by atoms with E-state index in [4.69, 9.17) is 4.74 Å². The monoisotopic (exact) mass is 337 g/mol. The van der Waals surface area contributed by atoms with Crippen molar-refractivity contribution in [1.29, 1.82) is 0 Å². The van der Waals surface area contributed by atoms with Gasteiger partial charge in [-0.25, -0.2) is 9.18 Å². The number of nitrogens with one attached hydrogen (secondary N) is 1. The molecule has 134 valence electrons. The standard InChI is InChI=1S/C18H28FN3O2/c1-21(2)17(15-6-8-16(19)9-7-15)11-20-18(23)22-10-4-5-14(12-22)13-24-3/h6-9,14,17H,4-5,10-13H2,1-3H3,(H,20,23)/t14-,17-/m1/s1. The van der Waals surface area contributed by atoms with E-state index in [1.165, 1.54) is 12.1 Å². The highest BCUT2D eigenvalue weighted by Gasteiger charge is 2.24. The van der Waals surface area contributed by atoms with E-state index in [1.54, 1.807) is 19.2 Å². The van der Waals surface area contributed by atoms with Gasteiger partial charge in [0.25, 0.3) is 0 Å². The fraction of sp³-hybridized carbons (Fsp3) is 0.611. The van der Waals surface area contributed by atoms with Crippen molar-refractivity contribution in [2.45, 2.75) is 18.9 Å². The summed E-state index contributed by atoms with van der Waals surface area (Å²) in [4.78, 5) is 16.3. The van der Waals surface area contributed by atoms with Crippen LogP contribution in [0.25, 0.3) is 0 Å². The Hall–Kier alpha value is -1.66. The summed E-state index contributed by atoms with van der Waals surface area (Å²) in [7, 11) is 5.61. The molecule has 2 amide bonds. The molecule has 0 spiro atoms. The number of benzene rings is 1. The predicted octanol–water partition coefficient (Wildman–Crippen LogP) is 2.50. The van der Waals surface area contributed by atoms with Crippen molar-refractivity contribution in [2.75, 3.05) is 47.4 Å². The Labute approximate surface area is 143 Å². The van der Waals surface area contributed by atoms with Crippen molar-refractivity contribution in [3.63, 3.8) is 0 Å². The first-order chi connectivity index (χ1) is 11.5. The van der Waals surface area contributed by atoms with Crippen molar-refractivity contribution < 1.29 is 13.9 Å². The summed E-state index contributed by atoms with van der Waals surface area (Å²) in [6.45, 7) is 2.71.